The summed E-state index contributed by atoms with van der Waals surface area (Å²) in [5.74, 6) is -5.24. The molecule has 25 heteroatoms. The Morgan fingerprint density at radius 3 is 0.643 bits per heavy atom. The molecular weight excluding hydrogens is 1130 g/mol. The standard InChI is InChI=1S/3C7H5FO2.4C6H6NO.4Cu.NO3/c3*8-6-3-1-5(2-4-6)7(9)10;4*8-5-6-3-1-2-4-7-6;;;;;2-1(3)4/h3*1-4H,(H,9,10);4*1-4H,5H2;;;;;/q;;;4*-1;4*+2;-1/p-3. The molecule has 0 aliphatic carbocycles. The fourth-order valence-corrected chi connectivity index (χ4v) is 3.69. The van der Waals surface area contributed by atoms with Crippen molar-refractivity contribution in [3.8, 4) is 0 Å². The van der Waals surface area contributed by atoms with Crippen molar-refractivity contribution in [3.63, 3.8) is 0 Å². The molecule has 0 saturated heterocycles. The first-order valence-corrected chi connectivity index (χ1v) is 18.2. The second-order valence-electron chi connectivity index (χ2n) is 11.5. The van der Waals surface area contributed by atoms with Crippen molar-refractivity contribution in [2.75, 3.05) is 0 Å². The average Bonchev–Trinajstić information content (AvgIpc) is 3.34. The molecule has 0 saturated carbocycles. The zero-order valence-electron chi connectivity index (χ0n) is 35.4. The average molecular weight is 1170 g/mol. The van der Waals surface area contributed by atoms with E-state index in [0.29, 0.717) is 22.8 Å². The van der Waals surface area contributed by atoms with Crippen molar-refractivity contribution in [1.82, 2.24) is 19.9 Å². The third-order valence-corrected chi connectivity index (χ3v) is 6.74. The Hall–Kier alpha value is -6.42. The number of hydrogen-bond donors (Lipinski definition) is 0. The minimum absolute atomic E-state index is 0. The zero-order valence-corrected chi connectivity index (χ0v) is 39.1. The van der Waals surface area contributed by atoms with Crippen LogP contribution in [0.25, 0.3) is 0 Å². The van der Waals surface area contributed by atoms with Crippen LogP contribution >= 0.6 is 0 Å². The molecule has 3 aromatic carbocycles. The first-order chi connectivity index (χ1) is 31.6. The van der Waals surface area contributed by atoms with Gasteiger partial charge in [0.1, 0.15) is 17.5 Å². The summed E-state index contributed by atoms with van der Waals surface area (Å²) in [6, 6.07) is 34.6. The Labute approximate surface area is 441 Å². The molecule has 70 heavy (non-hydrogen) atoms. The van der Waals surface area contributed by atoms with Crippen LogP contribution < -0.4 is 35.7 Å². The van der Waals surface area contributed by atoms with Gasteiger partial charge in [-0.2, -0.15) is 0 Å². The topological polar surface area (TPSA) is 330 Å². The van der Waals surface area contributed by atoms with E-state index in [1.54, 1.807) is 97.6 Å². The Kier molecular flexibility index (Phi) is 48.0. The second kappa shape index (κ2) is 46.3. The Morgan fingerprint density at radius 1 is 0.371 bits per heavy atom. The van der Waals surface area contributed by atoms with Gasteiger partial charge in [-0.25, -0.2) is 13.2 Å². The molecule has 0 amide bonds. The molecule has 18 nitrogen and oxygen atoms in total. The number of aromatic carboxylic acids is 3. The van der Waals surface area contributed by atoms with Crippen LogP contribution in [0.5, 0.6) is 0 Å². The van der Waals surface area contributed by atoms with Gasteiger partial charge in [-0.15, -0.1) is 0 Å². The van der Waals surface area contributed by atoms with E-state index in [9.17, 15) is 63.3 Å². The number of halogens is 3. The molecule has 4 aromatic heterocycles. The van der Waals surface area contributed by atoms with E-state index < -0.39 is 40.4 Å². The van der Waals surface area contributed by atoms with E-state index in [1.807, 2.05) is 0 Å². The van der Waals surface area contributed by atoms with E-state index in [0.717, 1.165) is 72.8 Å². The fourth-order valence-electron chi connectivity index (χ4n) is 3.69. The van der Waals surface area contributed by atoms with Crippen LogP contribution in [0.1, 0.15) is 53.8 Å². The van der Waals surface area contributed by atoms with Gasteiger partial charge in [-0.1, -0.05) is 87.1 Å². The predicted octanol–water partition coefficient (Wildman–Crippen LogP) is 0.0861. The summed E-state index contributed by atoms with van der Waals surface area (Å²) >= 11 is 0. The second-order valence-corrected chi connectivity index (χ2v) is 11.5. The van der Waals surface area contributed by atoms with Crippen molar-refractivity contribution < 1.29 is 137 Å². The number of benzene rings is 3. The molecule has 0 aliphatic heterocycles. The summed E-state index contributed by atoms with van der Waals surface area (Å²) in [6.07, 6.45) is 6.47. The Balaban J connectivity index is -0.000000230. The molecule has 384 valence electrons. The zero-order chi connectivity index (χ0) is 49.5. The molecule has 0 unspecified atom stereocenters. The number of nitrogens with zero attached hydrogens (tertiary/aromatic N) is 5. The molecule has 0 spiro atoms. The molecule has 0 N–H and O–H groups in total. The third kappa shape index (κ3) is 39.6. The summed E-state index contributed by atoms with van der Waals surface area (Å²) < 4.78 is 36.4. The van der Waals surface area contributed by atoms with Crippen LogP contribution in [0.3, 0.4) is 0 Å². The first-order valence-electron chi connectivity index (χ1n) is 18.2. The summed E-state index contributed by atoms with van der Waals surface area (Å²) in [5.41, 5.74) is 2.38. The SMILES string of the molecule is O=C([O-])c1ccc(F)cc1.O=C([O-])c1ccc(F)cc1.O=C([O-])c1ccc(F)cc1.O=[N+]([O-])[O-].[Cu+2].[Cu+2].[Cu+2].[Cu+2].[O-]Cc1ccccn1.[O-]Cc1ccccn1.[O-]Cc1ccccn1.[O-]Cc1ccccn1. The normalized spacial score (nSPS) is 8.50. The number of carbonyl (C=O) groups is 3. The molecule has 0 atom stereocenters. The molecule has 7 rings (SSSR count). The van der Waals surface area contributed by atoms with Crippen LogP contribution in [0, 0.1) is 32.8 Å². The third-order valence-electron chi connectivity index (χ3n) is 6.74. The quantitative estimate of drug-likeness (QED) is 0.116. The predicted molar refractivity (Wildman–Crippen MR) is 214 cm³/mol. The van der Waals surface area contributed by atoms with Crippen LogP contribution in [0.4, 0.5) is 13.2 Å². The summed E-state index contributed by atoms with van der Waals surface area (Å²) in [5, 5.41) is 85.3. The Bertz CT molecular complexity index is 2070. The molecule has 4 radical (unpaired) electrons. The van der Waals surface area contributed by atoms with Gasteiger partial charge >= 0.3 is 68.3 Å². The maximum Gasteiger partial charge on any atom is 2.00 e. The molecular formula is C45H36Cu4F3N5O13. The number of hydrogen-bond acceptors (Lipinski definition) is 17. The van der Waals surface area contributed by atoms with Crippen LogP contribution in [0.15, 0.2) is 170 Å². The number of rotatable bonds is 7. The van der Waals surface area contributed by atoms with E-state index in [2.05, 4.69) is 19.9 Å². The van der Waals surface area contributed by atoms with Gasteiger partial charge in [0.05, 0.1) is 23.0 Å². The molecule has 7 aromatic rings. The van der Waals surface area contributed by atoms with Crippen LogP contribution in [-0.2, 0) is 94.7 Å². The van der Waals surface area contributed by atoms with Gasteiger partial charge in [0.15, 0.2) is 0 Å². The van der Waals surface area contributed by atoms with E-state index >= 15 is 0 Å². The summed E-state index contributed by atoms with van der Waals surface area (Å²) in [7, 11) is 0. The maximum atomic E-state index is 12.1. The van der Waals surface area contributed by atoms with Gasteiger partial charge in [0, 0.05) is 47.6 Å². The van der Waals surface area contributed by atoms with Crippen molar-refractivity contribution >= 4 is 17.9 Å². The van der Waals surface area contributed by atoms with Crippen molar-refractivity contribution in [3.05, 3.63) is 243 Å². The van der Waals surface area contributed by atoms with E-state index in [4.69, 9.17) is 15.3 Å². The van der Waals surface area contributed by atoms with Crippen LogP contribution in [-0.4, -0.2) is 42.9 Å². The maximum absolute atomic E-state index is 12.1. The monoisotopic (exact) mass is 1160 g/mol. The van der Waals surface area contributed by atoms with E-state index in [1.165, 1.54) is 0 Å². The molecule has 0 aliphatic rings. The minimum Gasteiger partial charge on any atom is -0.850 e. The van der Waals surface area contributed by atoms with E-state index in [-0.39, 0.29) is 111 Å². The van der Waals surface area contributed by atoms with Crippen molar-refractivity contribution in [2.24, 2.45) is 0 Å². The van der Waals surface area contributed by atoms with Crippen molar-refractivity contribution in [1.29, 1.82) is 0 Å². The van der Waals surface area contributed by atoms with Crippen molar-refractivity contribution in [2.45, 2.75) is 26.4 Å². The molecule has 0 bridgehead atoms. The fraction of sp³-hybridized carbons (Fsp3) is 0.0889. The van der Waals surface area contributed by atoms with Gasteiger partial charge in [0.25, 0.3) is 0 Å². The number of carboxylic acids is 3. The number of carboxylic acid groups (broad SMARTS) is 3. The molecule has 4 heterocycles. The van der Waals surface area contributed by atoms with Gasteiger partial charge < -0.3 is 65.5 Å². The van der Waals surface area contributed by atoms with Gasteiger partial charge in [0.2, 0.25) is 0 Å². The first kappa shape index (κ1) is 72.6. The molecule has 0 fully saturated rings. The number of carbonyl (C=O) groups excluding carboxylic acids is 3. The minimum atomic E-state index is -1.75. The van der Waals surface area contributed by atoms with Crippen LogP contribution in [0.2, 0.25) is 0 Å². The Morgan fingerprint density at radius 2 is 0.543 bits per heavy atom. The van der Waals surface area contributed by atoms with Gasteiger partial charge in [-0.05, 0) is 102 Å². The number of pyridine rings is 4. The number of aromatic nitrogens is 4. The smallest absolute Gasteiger partial charge is 0.850 e. The summed E-state index contributed by atoms with van der Waals surface area (Å²) in [6.45, 7) is -0.886. The summed E-state index contributed by atoms with van der Waals surface area (Å²) in [4.78, 5) is 53.6. The largest absolute Gasteiger partial charge is 2.00 e. The van der Waals surface area contributed by atoms with Gasteiger partial charge in [-0.3, -0.25) is 19.9 Å².